The van der Waals surface area contributed by atoms with Gasteiger partial charge in [0.2, 0.25) is 0 Å². The molecule has 0 aliphatic carbocycles. The number of nitro groups is 1. The molecule has 8 heteroatoms. The lowest BCUT2D eigenvalue weighted by Crippen LogP contribution is -2.17. The normalized spacial score (nSPS) is 11.9. The summed E-state index contributed by atoms with van der Waals surface area (Å²) in [5.74, 6) is 0. The van der Waals surface area contributed by atoms with E-state index in [1.165, 1.54) is 29.0 Å². The molecule has 1 heterocycles. The highest BCUT2D eigenvalue weighted by Gasteiger charge is 2.28. The number of nitro benzene ring substituents is 1. The zero-order valence-electron chi connectivity index (χ0n) is 9.55. The Hall–Kier alpha value is -2.09. The first-order valence-electron chi connectivity index (χ1n) is 5.31. The van der Waals surface area contributed by atoms with Crippen molar-refractivity contribution in [2.75, 3.05) is 6.61 Å². The van der Waals surface area contributed by atoms with Gasteiger partial charge >= 0.3 is 6.36 Å². The van der Waals surface area contributed by atoms with E-state index in [0.29, 0.717) is 10.9 Å². The van der Waals surface area contributed by atoms with Crippen LogP contribution in [0.25, 0.3) is 10.9 Å². The maximum absolute atomic E-state index is 11.8. The van der Waals surface area contributed by atoms with Crippen LogP contribution in [0.4, 0.5) is 18.9 Å². The van der Waals surface area contributed by atoms with Crippen LogP contribution in [0.3, 0.4) is 0 Å². The second-order valence-corrected chi connectivity index (χ2v) is 3.77. The minimum Gasteiger partial charge on any atom is -0.345 e. The van der Waals surface area contributed by atoms with Gasteiger partial charge in [-0.2, -0.15) is 0 Å². The SMILES string of the molecule is O=[N+]([O-])c1cccc2c1ccn2CCOC(F)(F)F. The van der Waals surface area contributed by atoms with E-state index >= 15 is 0 Å². The molecule has 0 unspecified atom stereocenters. The van der Waals surface area contributed by atoms with Gasteiger partial charge in [0.1, 0.15) is 0 Å². The topological polar surface area (TPSA) is 57.3 Å². The predicted octanol–water partition coefficient (Wildman–Crippen LogP) is 3.09. The molecular formula is C11H9F3N2O3. The second kappa shape index (κ2) is 4.88. The van der Waals surface area contributed by atoms with E-state index in [1.54, 1.807) is 6.07 Å². The van der Waals surface area contributed by atoms with Crippen molar-refractivity contribution >= 4 is 16.6 Å². The number of halogens is 3. The molecule has 0 saturated carbocycles. The number of ether oxygens (including phenoxy) is 1. The largest absolute Gasteiger partial charge is 0.522 e. The lowest BCUT2D eigenvalue weighted by Gasteiger charge is -2.08. The fraction of sp³-hybridized carbons (Fsp3) is 0.273. The lowest BCUT2D eigenvalue weighted by atomic mass is 10.2. The Labute approximate surface area is 105 Å². The smallest absolute Gasteiger partial charge is 0.345 e. The molecule has 2 aromatic rings. The predicted molar refractivity (Wildman–Crippen MR) is 60.6 cm³/mol. The molecule has 0 aliphatic heterocycles. The number of non-ortho nitro benzene ring substituents is 1. The zero-order valence-corrected chi connectivity index (χ0v) is 9.55. The highest BCUT2D eigenvalue weighted by molar-refractivity contribution is 5.89. The van der Waals surface area contributed by atoms with Gasteiger partial charge in [0.05, 0.1) is 22.4 Å². The molecule has 0 fully saturated rings. The van der Waals surface area contributed by atoms with Crippen molar-refractivity contribution in [3.8, 4) is 0 Å². The summed E-state index contributed by atoms with van der Waals surface area (Å²) in [6.45, 7) is -0.583. The van der Waals surface area contributed by atoms with Crippen LogP contribution in [0.1, 0.15) is 0 Å². The maximum atomic E-state index is 11.8. The summed E-state index contributed by atoms with van der Waals surface area (Å²) in [7, 11) is 0. The van der Waals surface area contributed by atoms with Crippen molar-refractivity contribution < 1.29 is 22.8 Å². The van der Waals surface area contributed by atoms with Crippen molar-refractivity contribution in [2.45, 2.75) is 12.9 Å². The fourth-order valence-electron chi connectivity index (χ4n) is 1.82. The molecule has 0 amide bonds. The van der Waals surface area contributed by atoms with E-state index < -0.39 is 17.9 Å². The Bertz CT molecular complexity index is 607. The Balaban J connectivity index is 2.22. The summed E-state index contributed by atoms with van der Waals surface area (Å²) >= 11 is 0. The van der Waals surface area contributed by atoms with Crippen LogP contribution in [-0.2, 0) is 11.3 Å². The summed E-state index contributed by atoms with van der Waals surface area (Å²) in [6.07, 6.45) is -3.17. The molecule has 1 aromatic heterocycles. The van der Waals surface area contributed by atoms with Gasteiger partial charge in [-0.05, 0) is 12.1 Å². The minimum atomic E-state index is -4.67. The number of benzene rings is 1. The molecule has 0 bridgehead atoms. The average Bonchev–Trinajstić information content (AvgIpc) is 2.70. The summed E-state index contributed by atoms with van der Waals surface area (Å²) < 4.78 is 40.7. The van der Waals surface area contributed by atoms with Gasteiger partial charge in [-0.3, -0.25) is 14.9 Å². The molecule has 0 radical (unpaired) electrons. The van der Waals surface area contributed by atoms with Crippen LogP contribution in [-0.4, -0.2) is 22.5 Å². The van der Waals surface area contributed by atoms with Gasteiger partial charge in [-0.25, -0.2) is 0 Å². The molecule has 0 atom stereocenters. The van der Waals surface area contributed by atoms with Gasteiger partial charge in [-0.1, -0.05) is 6.07 Å². The van der Waals surface area contributed by atoms with E-state index in [1.807, 2.05) is 0 Å². The minimum absolute atomic E-state index is 0.0375. The van der Waals surface area contributed by atoms with Crippen molar-refractivity contribution in [1.29, 1.82) is 0 Å². The van der Waals surface area contributed by atoms with Crippen molar-refractivity contribution in [3.05, 3.63) is 40.6 Å². The monoisotopic (exact) mass is 274 g/mol. The first-order valence-corrected chi connectivity index (χ1v) is 5.31. The number of nitrogens with zero attached hydrogens (tertiary/aromatic N) is 2. The van der Waals surface area contributed by atoms with Gasteiger partial charge in [0.25, 0.3) is 5.69 Å². The molecule has 19 heavy (non-hydrogen) atoms. The Morgan fingerprint density at radius 1 is 1.32 bits per heavy atom. The van der Waals surface area contributed by atoms with Crippen LogP contribution in [0, 0.1) is 10.1 Å². The summed E-state index contributed by atoms with van der Waals surface area (Å²) in [5, 5.41) is 11.2. The van der Waals surface area contributed by atoms with Gasteiger partial charge in [0, 0.05) is 18.8 Å². The molecular weight excluding hydrogens is 265 g/mol. The molecule has 2 rings (SSSR count). The van der Waals surface area contributed by atoms with Crippen molar-refractivity contribution in [3.63, 3.8) is 0 Å². The highest BCUT2D eigenvalue weighted by Crippen LogP contribution is 2.26. The van der Waals surface area contributed by atoms with Crippen LogP contribution in [0.5, 0.6) is 0 Å². The first kappa shape index (κ1) is 13.3. The van der Waals surface area contributed by atoms with E-state index in [-0.39, 0.29) is 12.2 Å². The molecule has 0 N–H and O–H groups in total. The first-order chi connectivity index (χ1) is 8.88. The fourth-order valence-corrected chi connectivity index (χ4v) is 1.82. The summed E-state index contributed by atoms with van der Waals surface area (Å²) in [4.78, 5) is 10.3. The third kappa shape index (κ3) is 3.02. The standard InChI is InChI=1S/C11H9F3N2O3/c12-11(13,14)19-7-6-15-5-4-8-9(15)2-1-3-10(8)16(17)18/h1-5H,6-7H2. The van der Waals surface area contributed by atoms with Crippen LogP contribution in [0.15, 0.2) is 30.5 Å². The Morgan fingerprint density at radius 2 is 2.05 bits per heavy atom. The van der Waals surface area contributed by atoms with E-state index in [2.05, 4.69) is 4.74 Å². The summed E-state index contributed by atoms with van der Waals surface area (Å²) in [6, 6.07) is 5.94. The highest BCUT2D eigenvalue weighted by atomic mass is 19.4. The molecule has 0 spiro atoms. The molecule has 0 saturated heterocycles. The maximum Gasteiger partial charge on any atom is 0.522 e. The third-order valence-electron chi connectivity index (χ3n) is 2.59. The van der Waals surface area contributed by atoms with Crippen LogP contribution < -0.4 is 0 Å². The zero-order chi connectivity index (χ0) is 14.0. The number of aromatic nitrogens is 1. The van der Waals surface area contributed by atoms with Gasteiger partial charge < -0.3 is 4.57 Å². The number of alkyl halides is 3. The average molecular weight is 274 g/mol. The Kier molecular flexibility index (Phi) is 3.43. The van der Waals surface area contributed by atoms with Gasteiger partial charge in [0.15, 0.2) is 0 Å². The number of rotatable bonds is 4. The van der Waals surface area contributed by atoms with Gasteiger partial charge in [-0.15, -0.1) is 13.2 Å². The van der Waals surface area contributed by atoms with Crippen LogP contribution >= 0.6 is 0 Å². The summed E-state index contributed by atoms with van der Waals surface area (Å²) in [5.41, 5.74) is 0.424. The second-order valence-electron chi connectivity index (χ2n) is 3.77. The quantitative estimate of drug-likeness (QED) is 0.636. The van der Waals surface area contributed by atoms with Crippen LogP contribution in [0.2, 0.25) is 0 Å². The number of fused-ring (bicyclic) bond motifs is 1. The number of hydrogen-bond acceptors (Lipinski definition) is 3. The van der Waals surface area contributed by atoms with Crippen molar-refractivity contribution in [2.24, 2.45) is 0 Å². The molecule has 1 aromatic carbocycles. The molecule has 5 nitrogen and oxygen atoms in total. The third-order valence-corrected chi connectivity index (χ3v) is 2.59. The molecule has 102 valence electrons. The molecule has 0 aliphatic rings. The Morgan fingerprint density at radius 3 is 2.68 bits per heavy atom. The van der Waals surface area contributed by atoms with E-state index in [0.717, 1.165) is 0 Å². The van der Waals surface area contributed by atoms with E-state index in [9.17, 15) is 23.3 Å². The number of hydrogen-bond donors (Lipinski definition) is 0. The lowest BCUT2D eigenvalue weighted by molar-refractivity contribution is -0.383. The van der Waals surface area contributed by atoms with E-state index in [4.69, 9.17) is 0 Å². The van der Waals surface area contributed by atoms with Crippen molar-refractivity contribution in [1.82, 2.24) is 4.57 Å².